The number of carbonyl (C=O) groups is 1. The van der Waals surface area contributed by atoms with Crippen molar-refractivity contribution in [3.05, 3.63) is 101 Å². The molecule has 8 heteroatoms. The second-order valence-corrected chi connectivity index (χ2v) is 8.43. The highest BCUT2D eigenvalue weighted by atomic mass is 16.5. The highest BCUT2D eigenvalue weighted by Crippen LogP contribution is 2.34. The van der Waals surface area contributed by atoms with Crippen LogP contribution in [0, 0.1) is 11.3 Å². The first-order valence-electron chi connectivity index (χ1n) is 12.6. The van der Waals surface area contributed by atoms with E-state index < -0.39 is 5.91 Å². The summed E-state index contributed by atoms with van der Waals surface area (Å²) in [5, 5.41) is 14.3. The van der Waals surface area contributed by atoms with Crippen LogP contribution >= 0.6 is 0 Å². The summed E-state index contributed by atoms with van der Waals surface area (Å²) in [7, 11) is 0. The summed E-state index contributed by atoms with van der Waals surface area (Å²) >= 11 is 0. The lowest BCUT2D eigenvalue weighted by atomic mass is 10.1. The third-order valence-electron chi connectivity index (χ3n) is 5.73. The Hall–Kier alpha value is -5.03. The molecule has 0 atom stereocenters. The van der Waals surface area contributed by atoms with E-state index in [-0.39, 0.29) is 12.4 Å². The second-order valence-electron chi connectivity index (χ2n) is 8.43. The molecule has 0 bridgehead atoms. The normalized spacial score (nSPS) is 10.8. The fourth-order valence-corrected chi connectivity index (χ4v) is 4.01. The summed E-state index contributed by atoms with van der Waals surface area (Å²) in [5.41, 5.74) is 5.95. The minimum Gasteiger partial charge on any atom is -0.494 e. The maximum atomic E-state index is 12.6. The van der Waals surface area contributed by atoms with E-state index in [9.17, 15) is 10.1 Å². The molecule has 0 saturated carbocycles. The molecule has 0 spiro atoms. The molecule has 4 aromatic rings. The quantitative estimate of drug-likeness (QED) is 0.135. The third-order valence-corrected chi connectivity index (χ3v) is 5.73. The number of nitrogens with zero attached hydrogens (tertiary/aromatic N) is 2. The van der Waals surface area contributed by atoms with Crippen molar-refractivity contribution in [3.63, 3.8) is 0 Å². The Labute approximate surface area is 227 Å². The molecule has 198 valence electrons. The van der Waals surface area contributed by atoms with Crippen molar-refractivity contribution in [3.8, 4) is 23.3 Å². The Morgan fingerprint density at radius 2 is 1.87 bits per heavy atom. The Morgan fingerprint density at radius 1 is 1.05 bits per heavy atom. The predicted molar refractivity (Wildman–Crippen MR) is 149 cm³/mol. The van der Waals surface area contributed by atoms with E-state index in [1.807, 2.05) is 44.2 Å². The van der Waals surface area contributed by atoms with Crippen molar-refractivity contribution in [2.45, 2.75) is 26.9 Å². The first-order chi connectivity index (χ1) is 19.1. The molecule has 0 unspecified atom stereocenters. The summed E-state index contributed by atoms with van der Waals surface area (Å²) in [6.45, 7) is 8.82. The van der Waals surface area contributed by atoms with Gasteiger partial charge in [-0.2, -0.15) is 10.4 Å². The van der Waals surface area contributed by atoms with E-state index in [4.69, 9.17) is 18.6 Å². The van der Waals surface area contributed by atoms with Crippen LogP contribution in [-0.2, 0) is 13.0 Å². The monoisotopic (exact) mass is 523 g/mol. The Balaban J connectivity index is 1.52. The van der Waals surface area contributed by atoms with Crippen molar-refractivity contribution in [2.24, 2.45) is 5.10 Å². The van der Waals surface area contributed by atoms with Gasteiger partial charge >= 0.3 is 5.91 Å². The summed E-state index contributed by atoms with van der Waals surface area (Å²) in [4.78, 5) is 12.6. The average molecular weight is 524 g/mol. The molecule has 4 rings (SSSR count). The molecule has 39 heavy (non-hydrogen) atoms. The SMILES string of the molecule is C=CCc1cc(/C=N/NC(=O)c2cc3cc(OCC)ccc3o2)cc(OCC)c1OCc1ccccc1C#N. The lowest BCUT2D eigenvalue weighted by Crippen LogP contribution is -2.16. The molecule has 0 aliphatic carbocycles. The summed E-state index contributed by atoms with van der Waals surface area (Å²) in [5.74, 6) is 1.46. The molecule has 0 fully saturated rings. The maximum absolute atomic E-state index is 12.6. The molecular weight excluding hydrogens is 494 g/mol. The van der Waals surface area contributed by atoms with Crippen molar-refractivity contribution in [1.29, 1.82) is 5.26 Å². The minimum absolute atomic E-state index is 0.138. The first-order valence-corrected chi connectivity index (χ1v) is 12.6. The van der Waals surface area contributed by atoms with E-state index in [1.165, 1.54) is 6.21 Å². The number of amides is 1. The lowest BCUT2D eigenvalue weighted by molar-refractivity contribution is 0.0929. The van der Waals surface area contributed by atoms with Crippen LogP contribution in [0.5, 0.6) is 17.2 Å². The zero-order chi connectivity index (χ0) is 27.6. The van der Waals surface area contributed by atoms with Gasteiger partial charge in [-0.1, -0.05) is 24.3 Å². The number of fused-ring (bicyclic) bond motifs is 1. The van der Waals surface area contributed by atoms with Gasteiger partial charge in [0, 0.05) is 16.5 Å². The zero-order valence-corrected chi connectivity index (χ0v) is 21.9. The predicted octanol–water partition coefficient (Wildman–Crippen LogP) is 6.17. The van der Waals surface area contributed by atoms with Gasteiger partial charge in [-0.15, -0.1) is 6.58 Å². The Bertz CT molecular complexity index is 1550. The van der Waals surface area contributed by atoms with E-state index in [0.717, 1.165) is 16.5 Å². The molecule has 0 radical (unpaired) electrons. The van der Waals surface area contributed by atoms with Crippen LogP contribution in [-0.4, -0.2) is 25.3 Å². The summed E-state index contributed by atoms with van der Waals surface area (Å²) < 4.78 is 23.2. The molecule has 1 amide bonds. The van der Waals surface area contributed by atoms with E-state index in [2.05, 4.69) is 23.2 Å². The number of nitriles is 1. The largest absolute Gasteiger partial charge is 0.494 e. The second kappa shape index (κ2) is 13.0. The van der Waals surface area contributed by atoms with Crippen molar-refractivity contribution < 1.29 is 23.4 Å². The number of allylic oxidation sites excluding steroid dienone is 1. The van der Waals surface area contributed by atoms with Crippen molar-refractivity contribution in [2.75, 3.05) is 13.2 Å². The number of nitrogens with one attached hydrogen (secondary N) is 1. The standard InChI is InChI=1S/C31H29N3O5/c1-4-9-22-14-21(15-28(37-6-3)30(22)38-20-24-11-8-7-10-23(24)18-32)19-33-34-31(35)29-17-25-16-26(36-5-2)12-13-27(25)39-29/h4,7-8,10-17,19H,1,5-6,9,20H2,2-3H3,(H,34,35)/b33-19+. The van der Waals surface area contributed by atoms with Gasteiger partial charge in [0.25, 0.3) is 0 Å². The van der Waals surface area contributed by atoms with Crippen molar-refractivity contribution >= 4 is 23.1 Å². The number of rotatable bonds is 12. The molecule has 0 aliphatic rings. The highest BCUT2D eigenvalue weighted by Gasteiger charge is 2.15. The Kier molecular flexibility index (Phi) is 8.99. The summed E-state index contributed by atoms with van der Waals surface area (Å²) in [6, 6.07) is 20.2. The van der Waals surface area contributed by atoms with Gasteiger partial charge < -0.3 is 18.6 Å². The topological polar surface area (TPSA) is 106 Å². The minimum atomic E-state index is -0.479. The lowest BCUT2D eigenvalue weighted by Gasteiger charge is -2.17. The fourth-order valence-electron chi connectivity index (χ4n) is 4.01. The van der Waals surface area contributed by atoms with Crippen LogP contribution in [0.4, 0.5) is 0 Å². The Morgan fingerprint density at radius 3 is 2.64 bits per heavy atom. The maximum Gasteiger partial charge on any atom is 0.307 e. The van der Waals surface area contributed by atoms with Gasteiger partial charge in [0.05, 0.1) is 31.1 Å². The van der Waals surface area contributed by atoms with E-state index >= 15 is 0 Å². The molecular formula is C31H29N3O5. The van der Waals surface area contributed by atoms with Crippen LogP contribution in [0.25, 0.3) is 11.0 Å². The van der Waals surface area contributed by atoms with Gasteiger partial charge in [0.2, 0.25) is 0 Å². The zero-order valence-electron chi connectivity index (χ0n) is 21.9. The molecule has 1 heterocycles. The van der Waals surface area contributed by atoms with E-state index in [1.54, 1.807) is 36.4 Å². The van der Waals surface area contributed by atoms with Gasteiger partial charge in [-0.3, -0.25) is 4.79 Å². The molecule has 0 aliphatic heterocycles. The molecule has 1 aromatic heterocycles. The van der Waals surface area contributed by atoms with Gasteiger partial charge in [0.1, 0.15) is 17.9 Å². The number of ether oxygens (including phenoxy) is 3. The van der Waals surface area contributed by atoms with Crippen LogP contribution in [0.3, 0.4) is 0 Å². The average Bonchev–Trinajstić information content (AvgIpc) is 3.37. The summed E-state index contributed by atoms with van der Waals surface area (Å²) in [6.07, 6.45) is 3.81. The number of hydrazone groups is 1. The van der Waals surface area contributed by atoms with Crippen LogP contribution in [0.15, 0.2) is 82.8 Å². The molecule has 0 saturated heterocycles. The van der Waals surface area contributed by atoms with E-state index in [0.29, 0.717) is 53.6 Å². The smallest absolute Gasteiger partial charge is 0.307 e. The molecule has 1 N–H and O–H groups in total. The number of furan rings is 1. The molecule has 8 nitrogen and oxygen atoms in total. The van der Waals surface area contributed by atoms with Crippen LogP contribution in [0.2, 0.25) is 0 Å². The number of benzene rings is 3. The number of hydrogen-bond acceptors (Lipinski definition) is 7. The highest BCUT2D eigenvalue weighted by molar-refractivity contribution is 5.96. The fraction of sp³-hybridized carbons (Fsp3) is 0.194. The third kappa shape index (κ3) is 6.65. The number of hydrogen-bond donors (Lipinski definition) is 1. The van der Waals surface area contributed by atoms with Gasteiger partial charge in [-0.25, -0.2) is 5.43 Å². The van der Waals surface area contributed by atoms with Crippen LogP contribution < -0.4 is 19.6 Å². The van der Waals surface area contributed by atoms with Gasteiger partial charge in [0.15, 0.2) is 17.3 Å². The van der Waals surface area contributed by atoms with Crippen LogP contribution in [0.1, 0.15) is 46.7 Å². The van der Waals surface area contributed by atoms with Gasteiger partial charge in [-0.05, 0) is 68.3 Å². The number of carbonyl (C=O) groups excluding carboxylic acids is 1. The first kappa shape index (κ1) is 27.0. The van der Waals surface area contributed by atoms with Crippen molar-refractivity contribution in [1.82, 2.24) is 5.43 Å². The molecule has 3 aromatic carbocycles.